The molecule has 0 saturated carbocycles. The number of quaternary nitrogens is 1. The third-order valence-electron chi connectivity index (χ3n) is 12.8. The Balaban J connectivity index is 4.09. The highest BCUT2D eigenvalue weighted by Gasteiger charge is 2.25. The number of hydrogen-bond acceptors (Lipinski definition) is 7. The summed E-state index contributed by atoms with van der Waals surface area (Å²) in [6, 6.07) is 0. The van der Waals surface area contributed by atoms with E-state index in [0.29, 0.717) is 11.0 Å². The molecule has 0 amide bonds. The first-order valence-electron chi connectivity index (χ1n) is 30.4. The molecule has 0 aromatic heterocycles. The number of carbonyl (C=O) groups excluding carboxylic acids is 2. The lowest BCUT2D eigenvalue weighted by molar-refractivity contribution is -0.870. The maximum Gasteiger partial charge on any atom is 0.361 e. The van der Waals surface area contributed by atoms with Crippen molar-refractivity contribution in [3.63, 3.8) is 0 Å². The van der Waals surface area contributed by atoms with Gasteiger partial charge in [0.15, 0.2) is 6.10 Å². The zero-order valence-corrected chi connectivity index (χ0v) is 48.9. The van der Waals surface area contributed by atoms with Gasteiger partial charge in [-0.25, -0.2) is 4.79 Å². The molecule has 0 spiro atoms. The Morgan fingerprint density at radius 1 is 0.400 bits per heavy atom. The van der Waals surface area contributed by atoms with E-state index in [4.69, 9.17) is 18.9 Å². The summed E-state index contributed by atoms with van der Waals surface area (Å²) < 4.78 is 22.9. The topological polar surface area (TPSA) is 108 Å². The molecule has 0 aliphatic rings. The summed E-state index contributed by atoms with van der Waals surface area (Å²) in [7, 11) is 5.96. The number of unbranched alkanes of at least 4 members (excludes halogenated alkanes) is 24. The first-order chi connectivity index (χ1) is 36.6. The van der Waals surface area contributed by atoms with Crippen LogP contribution in [0.2, 0.25) is 0 Å². The quantitative estimate of drug-likeness (QED) is 0.0211. The van der Waals surface area contributed by atoms with Crippen molar-refractivity contribution in [1.29, 1.82) is 0 Å². The van der Waals surface area contributed by atoms with E-state index in [9.17, 15) is 19.5 Å². The molecule has 9 heteroatoms. The first-order valence-corrected chi connectivity index (χ1v) is 30.4. The van der Waals surface area contributed by atoms with Crippen LogP contribution in [0.25, 0.3) is 0 Å². The van der Waals surface area contributed by atoms with Crippen molar-refractivity contribution in [2.45, 2.75) is 257 Å². The van der Waals surface area contributed by atoms with Gasteiger partial charge >= 0.3 is 17.9 Å². The van der Waals surface area contributed by atoms with Crippen molar-refractivity contribution in [3.05, 3.63) is 97.2 Å². The molecule has 0 aromatic rings. The maximum absolute atomic E-state index is 12.9. The minimum atomic E-state index is -1.52. The van der Waals surface area contributed by atoms with Gasteiger partial charge in [-0.1, -0.05) is 239 Å². The van der Waals surface area contributed by atoms with Gasteiger partial charge in [-0.05, 0) is 89.9 Å². The lowest BCUT2D eigenvalue weighted by Gasteiger charge is -2.25. The summed E-state index contributed by atoms with van der Waals surface area (Å²) in [4.78, 5) is 37.4. The Hall–Kier alpha value is -3.79. The van der Waals surface area contributed by atoms with E-state index in [1.54, 1.807) is 0 Å². The Labute approximate surface area is 461 Å². The molecule has 1 N–H and O–H groups in total. The second kappa shape index (κ2) is 56.4. The molecular formula is C66H114NO8+. The minimum Gasteiger partial charge on any atom is -0.477 e. The monoisotopic (exact) mass is 1050 g/mol. The van der Waals surface area contributed by atoms with Crippen molar-refractivity contribution >= 4 is 17.9 Å². The van der Waals surface area contributed by atoms with Crippen LogP contribution in [0.4, 0.5) is 0 Å². The van der Waals surface area contributed by atoms with Crippen molar-refractivity contribution in [3.8, 4) is 0 Å². The molecule has 75 heavy (non-hydrogen) atoms. The Bertz CT molecular complexity index is 1550. The van der Waals surface area contributed by atoms with Crippen LogP contribution in [0.15, 0.2) is 97.2 Å². The number of esters is 2. The number of allylic oxidation sites excluding steroid dienone is 16. The van der Waals surface area contributed by atoms with Crippen LogP contribution < -0.4 is 0 Å². The fraction of sp³-hybridized carbons (Fsp3) is 0.712. The predicted molar refractivity (Wildman–Crippen MR) is 318 cm³/mol. The average molecular weight is 1050 g/mol. The van der Waals surface area contributed by atoms with Crippen LogP contribution in [0.1, 0.15) is 245 Å². The molecule has 2 atom stereocenters. The van der Waals surface area contributed by atoms with Crippen molar-refractivity contribution < 1.29 is 42.9 Å². The molecule has 0 rings (SSSR count). The van der Waals surface area contributed by atoms with Crippen LogP contribution in [0, 0.1) is 0 Å². The van der Waals surface area contributed by atoms with Crippen LogP contribution >= 0.6 is 0 Å². The number of carboxylic acids is 1. The number of carboxylic acid groups (broad SMARTS) is 1. The number of nitrogens with zero attached hydrogens (tertiary/aromatic N) is 1. The van der Waals surface area contributed by atoms with Crippen LogP contribution in [0.5, 0.6) is 0 Å². The van der Waals surface area contributed by atoms with Gasteiger partial charge in [0, 0.05) is 12.8 Å². The van der Waals surface area contributed by atoms with Crippen molar-refractivity contribution in [1.82, 2.24) is 0 Å². The Morgan fingerprint density at radius 2 is 0.720 bits per heavy atom. The van der Waals surface area contributed by atoms with Gasteiger partial charge in [0.05, 0.1) is 34.4 Å². The van der Waals surface area contributed by atoms with E-state index >= 15 is 0 Å². The molecule has 0 aliphatic heterocycles. The van der Waals surface area contributed by atoms with Gasteiger partial charge in [-0.3, -0.25) is 9.59 Å². The van der Waals surface area contributed by atoms with Crippen LogP contribution in [0.3, 0.4) is 0 Å². The van der Waals surface area contributed by atoms with Gasteiger partial charge in [0.2, 0.25) is 0 Å². The van der Waals surface area contributed by atoms with E-state index in [2.05, 4.69) is 111 Å². The Kier molecular flexibility index (Phi) is 53.6. The van der Waals surface area contributed by atoms with E-state index in [1.807, 2.05) is 21.1 Å². The molecule has 9 nitrogen and oxygen atoms in total. The third kappa shape index (κ3) is 57.7. The van der Waals surface area contributed by atoms with Crippen LogP contribution in [-0.2, 0) is 33.3 Å². The predicted octanol–water partition coefficient (Wildman–Crippen LogP) is 18.1. The van der Waals surface area contributed by atoms with Gasteiger partial charge in [-0.15, -0.1) is 0 Å². The second-order valence-corrected chi connectivity index (χ2v) is 21.2. The zero-order chi connectivity index (χ0) is 54.8. The van der Waals surface area contributed by atoms with Gasteiger partial charge in [-0.2, -0.15) is 0 Å². The molecule has 0 aromatic carbocycles. The van der Waals surface area contributed by atoms with Gasteiger partial charge < -0.3 is 28.5 Å². The standard InChI is InChI=1S/C66H113NO8/c1-6-8-10-12-14-16-18-20-22-23-24-25-26-27-28-29-30-31-32-33-34-35-36-37-38-39-40-41-43-45-47-49-51-53-55-57-64(69)75-62(61-74-66(65(70)71)72-59-58-67(3,4)5)60-73-63(68)56-54-52-50-48-46-44-42-21-19-17-15-13-11-9-7-2/h8-11,14-17,20-22,24-25,27-28,42,62,66H,6-7,12-13,18-19,23,26,29-41,43-61H2,1-5H3/p+1/b10-8-,11-9-,16-14-,17-15-,22-20-,25-24-,28-27-,42-21-. The highest BCUT2D eigenvalue weighted by atomic mass is 16.7. The van der Waals surface area contributed by atoms with Gasteiger partial charge in [0.1, 0.15) is 13.2 Å². The summed E-state index contributed by atoms with van der Waals surface area (Å²) in [5.41, 5.74) is 0. The summed E-state index contributed by atoms with van der Waals surface area (Å²) in [5, 5.41) is 9.70. The number of aliphatic carboxylic acids is 1. The molecular weight excluding hydrogens is 935 g/mol. The molecule has 0 aliphatic carbocycles. The number of hydrogen-bond donors (Lipinski definition) is 1. The van der Waals surface area contributed by atoms with E-state index in [0.717, 1.165) is 109 Å². The molecule has 0 fully saturated rings. The fourth-order valence-electron chi connectivity index (χ4n) is 8.23. The smallest absolute Gasteiger partial charge is 0.361 e. The van der Waals surface area contributed by atoms with Crippen molar-refractivity contribution in [2.75, 3.05) is 47.5 Å². The molecule has 0 saturated heterocycles. The normalized spacial score (nSPS) is 13.5. The van der Waals surface area contributed by atoms with Gasteiger partial charge in [0.25, 0.3) is 6.29 Å². The summed E-state index contributed by atoms with van der Waals surface area (Å²) >= 11 is 0. The zero-order valence-electron chi connectivity index (χ0n) is 48.9. The number of carbonyl (C=O) groups is 3. The highest BCUT2D eigenvalue weighted by Crippen LogP contribution is 2.16. The van der Waals surface area contributed by atoms with E-state index < -0.39 is 24.3 Å². The molecule has 0 heterocycles. The summed E-state index contributed by atoms with van der Waals surface area (Å²) in [5.74, 6) is -2.03. The fourth-order valence-corrected chi connectivity index (χ4v) is 8.23. The van der Waals surface area contributed by atoms with Crippen LogP contribution in [-0.4, -0.2) is 87.4 Å². The Morgan fingerprint density at radius 3 is 1.07 bits per heavy atom. The highest BCUT2D eigenvalue weighted by molar-refractivity contribution is 5.71. The molecule has 2 unspecified atom stereocenters. The number of likely N-dealkylation sites (N-methyl/N-ethyl adjacent to an activating group) is 1. The summed E-state index contributed by atoms with van der Waals surface area (Å²) in [6.07, 6.45) is 73.6. The lowest BCUT2D eigenvalue weighted by Crippen LogP contribution is -2.40. The van der Waals surface area contributed by atoms with E-state index in [-0.39, 0.29) is 38.6 Å². The van der Waals surface area contributed by atoms with Crippen molar-refractivity contribution in [2.24, 2.45) is 0 Å². The van der Waals surface area contributed by atoms with E-state index in [1.165, 1.54) is 109 Å². The maximum atomic E-state index is 12.9. The SMILES string of the molecule is CC/C=C\C/C=C\C/C=C\C/C=C\C/C=C\CCCCCCCCCCCCCCCCCCCCCC(=O)OC(COC(=O)CCCCCCC/C=C\C/C=C\C/C=C\CC)COC(OCC[N+](C)(C)C)C(=O)O. The largest absolute Gasteiger partial charge is 0.477 e. The average Bonchev–Trinajstić information content (AvgIpc) is 3.38. The minimum absolute atomic E-state index is 0.182. The molecule has 0 radical (unpaired) electrons. The number of rotatable bonds is 55. The molecule has 0 bridgehead atoms. The molecule has 430 valence electrons. The second-order valence-electron chi connectivity index (χ2n) is 21.2. The third-order valence-corrected chi connectivity index (χ3v) is 12.8. The number of ether oxygens (including phenoxy) is 4. The summed E-state index contributed by atoms with van der Waals surface area (Å²) in [6.45, 7) is 4.64. The lowest BCUT2D eigenvalue weighted by atomic mass is 10.0. The first kappa shape index (κ1) is 71.2.